The van der Waals surface area contributed by atoms with Crippen LogP contribution in [0.25, 0.3) is 0 Å². The van der Waals surface area contributed by atoms with E-state index < -0.39 is 5.60 Å². The zero-order chi connectivity index (χ0) is 20.3. The third-order valence-corrected chi connectivity index (χ3v) is 5.75. The standard InChI is InChI=1S/C22H36N4O2/c1-16(23)20-11-10-18(13-24-20)25-12-6-9-19(15-25)26(14-17-7-5-8-17)21(27)28-22(2,3)4/h10-11,13,16-17,19H,5-9,12,14-15,23H2,1-4H3/t16?,19-/m1/s1. The van der Waals surface area contributed by atoms with E-state index in [0.717, 1.165) is 43.9 Å². The highest BCUT2D eigenvalue weighted by Gasteiger charge is 2.34. The van der Waals surface area contributed by atoms with Crippen molar-refractivity contribution in [3.63, 3.8) is 0 Å². The fourth-order valence-corrected chi connectivity index (χ4v) is 3.94. The zero-order valence-electron chi connectivity index (χ0n) is 17.9. The number of hydrogen-bond acceptors (Lipinski definition) is 5. The van der Waals surface area contributed by atoms with E-state index >= 15 is 0 Å². The summed E-state index contributed by atoms with van der Waals surface area (Å²) >= 11 is 0. The first-order valence-corrected chi connectivity index (χ1v) is 10.7. The monoisotopic (exact) mass is 388 g/mol. The van der Waals surface area contributed by atoms with E-state index in [0.29, 0.717) is 5.92 Å². The maximum atomic E-state index is 13.0. The number of piperidine rings is 1. The zero-order valence-corrected chi connectivity index (χ0v) is 17.9. The number of ether oxygens (including phenoxy) is 1. The third-order valence-electron chi connectivity index (χ3n) is 5.75. The molecule has 1 amide bonds. The average molecular weight is 389 g/mol. The van der Waals surface area contributed by atoms with Crippen molar-refractivity contribution in [1.82, 2.24) is 9.88 Å². The number of carbonyl (C=O) groups excluding carboxylic acids is 1. The van der Waals surface area contributed by atoms with Crippen LogP contribution in [0.5, 0.6) is 0 Å². The Morgan fingerprint density at radius 3 is 2.61 bits per heavy atom. The fraction of sp³-hybridized carbons (Fsp3) is 0.727. The predicted octanol–water partition coefficient (Wildman–Crippen LogP) is 4.11. The average Bonchev–Trinajstić information content (AvgIpc) is 2.59. The van der Waals surface area contributed by atoms with Crippen molar-refractivity contribution < 1.29 is 9.53 Å². The van der Waals surface area contributed by atoms with Gasteiger partial charge in [0.1, 0.15) is 5.60 Å². The summed E-state index contributed by atoms with van der Waals surface area (Å²) in [7, 11) is 0. The first-order chi connectivity index (χ1) is 13.2. The molecular formula is C22H36N4O2. The van der Waals surface area contributed by atoms with Crippen LogP contribution in [-0.4, -0.2) is 47.3 Å². The Labute approximate surface area is 169 Å². The van der Waals surface area contributed by atoms with Crippen LogP contribution < -0.4 is 10.6 Å². The quantitative estimate of drug-likeness (QED) is 0.822. The molecule has 1 aliphatic carbocycles. The van der Waals surface area contributed by atoms with E-state index in [1.807, 2.05) is 44.9 Å². The molecule has 0 radical (unpaired) electrons. The van der Waals surface area contributed by atoms with E-state index in [1.54, 1.807) is 0 Å². The van der Waals surface area contributed by atoms with Crippen LogP contribution in [0.15, 0.2) is 18.3 Å². The number of aromatic nitrogens is 1. The summed E-state index contributed by atoms with van der Waals surface area (Å²) < 4.78 is 5.75. The van der Waals surface area contributed by atoms with Gasteiger partial charge >= 0.3 is 6.09 Å². The first-order valence-electron chi connectivity index (χ1n) is 10.7. The number of amides is 1. The Hall–Kier alpha value is -1.82. The van der Waals surface area contributed by atoms with Crippen LogP contribution in [0.3, 0.4) is 0 Å². The molecule has 1 aromatic rings. The molecule has 2 N–H and O–H groups in total. The van der Waals surface area contributed by atoms with Crippen molar-refractivity contribution in [1.29, 1.82) is 0 Å². The van der Waals surface area contributed by atoms with E-state index in [4.69, 9.17) is 10.5 Å². The highest BCUT2D eigenvalue weighted by molar-refractivity contribution is 5.69. The molecule has 156 valence electrons. The molecule has 1 saturated carbocycles. The first kappa shape index (κ1) is 20.9. The SMILES string of the molecule is CC(N)c1ccc(N2CCC[C@@H](N(CC3CCC3)C(=O)OC(C)(C)C)C2)cn1. The Morgan fingerprint density at radius 1 is 1.32 bits per heavy atom. The van der Waals surface area contributed by atoms with Gasteiger partial charge < -0.3 is 20.3 Å². The summed E-state index contributed by atoms with van der Waals surface area (Å²) in [4.78, 5) is 21.8. The Bertz CT molecular complexity index is 649. The Morgan fingerprint density at radius 2 is 2.07 bits per heavy atom. The molecule has 1 unspecified atom stereocenters. The number of hydrogen-bond donors (Lipinski definition) is 1. The minimum atomic E-state index is -0.470. The number of rotatable bonds is 5. The molecule has 0 aromatic carbocycles. The van der Waals surface area contributed by atoms with Gasteiger partial charge in [-0.1, -0.05) is 6.42 Å². The minimum Gasteiger partial charge on any atom is -0.444 e. The molecule has 2 fully saturated rings. The molecule has 6 heteroatoms. The van der Waals surface area contributed by atoms with E-state index in [2.05, 4.69) is 16.0 Å². The van der Waals surface area contributed by atoms with Crippen molar-refractivity contribution in [2.75, 3.05) is 24.5 Å². The summed E-state index contributed by atoms with van der Waals surface area (Å²) in [5.41, 5.74) is 7.45. The van der Waals surface area contributed by atoms with E-state index in [1.165, 1.54) is 19.3 Å². The van der Waals surface area contributed by atoms with Gasteiger partial charge in [0.15, 0.2) is 0 Å². The molecule has 28 heavy (non-hydrogen) atoms. The normalized spacial score (nSPS) is 21.8. The van der Waals surface area contributed by atoms with Gasteiger partial charge in [-0.2, -0.15) is 0 Å². The van der Waals surface area contributed by atoms with Crippen LogP contribution in [0.1, 0.15) is 71.5 Å². The molecule has 1 saturated heterocycles. The van der Waals surface area contributed by atoms with Crippen molar-refractivity contribution in [3.8, 4) is 0 Å². The Balaban J connectivity index is 1.71. The molecular weight excluding hydrogens is 352 g/mol. The second-order valence-electron chi connectivity index (χ2n) is 9.40. The lowest BCUT2D eigenvalue weighted by molar-refractivity contribution is 0.00736. The fourth-order valence-electron chi connectivity index (χ4n) is 3.94. The van der Waals surface area contributed by atoms with Gasteiger partial charge in [0.2, 0.25) is 0 Å². The van der Waals surface area contributed by atoms with Crippen LogP contribution >= 0.6 is 0 Å². The lowest BCUT2D eigenvalue weighted by Gasteiger charge is -2.43. The van der Waals surface area contributed by atoms with Crippen LogP contribution in [0, 0.1) is 5.92 Å². The van der Waals surface area contributed by atoms with Gasteiger partial charge in [0.05, 0.1) is 23.6 Å². The lowest BCUT2D eigenvalue weighted by Crippen LogP contribution is -2.53. The third kappa shape index (κ3) is 5.37. The molecule has 0 spiro atoms. The maximum Gasteiger partial charge on any atom is 0.410 e. The van der Waals surface area contributed by atoms with Gasteiger partial charge in [-0.15, -0.1) is 0 Å². The molecule has 1 aliphatic heterocycles. The van der Waals surface area contributed by atoms with Gasteiger partial charge in [-0.05, 0) is 71.4 Å². The molecule has 2 heterocycles. The summed E-state index contributed by atoms with van der Waals surface area (Å²) in [6.07, 6.45) is 7.54. The molecule has 2 aliphatic rings. The number of nitrogens with zero attached hydrogens (tertiary/aromatic N) is 3. The van der Waals surface area contributed by atoms with Crippen LogP contribution in [0.2, 0.25) is 0 Å². The highest BCUT2D eigenvalue weighted by atomic mass is 16.6. The number of nitrogens with two attached hydrogens (primary N) is 1. The molecule has 2 atom stereocenters. The van der Waals surface area contributed by atoms with E-state index in [-0.39, 0.29) is 18.2 Å². The molecule has 0 bridgehead atoms. The summed E-state index contributed by atoms with van der Waals surface area (Å²) in [5, 5.41) is 0. The van der Waals surface area contributed by atoms with E-state index in [9.17, 15) is 4.79 Å². The molecule has 3 rings (SSSR count). The number of carbonyl (C=O) groups is 1. The largest absolute Gasteiger partial charge is 0.444 e. The number of pyridine rings is 1. The van der Waals surface area contributed by atoms with Gasteiger partial charge in [-0.3, -0.25) is 4.98 Å². The lowest BCUT2D eigenvalue weighted by atomic mass is 9.84. The second kappa shape index (κ2) is 8.68. The van der Waals surface area contributed by atoms with Crippen molar-refractivity contribution in [2.45, 2.75) is 77.5 Å². The van der Waals surface area contributed by atoms with Crippen molar-refractivity contribution >= 4 is 11.8 Å². The smallest absolute Gasteiger partial charge is 0.410 e. The number of anilines is 1. The van der Waals surface area contributed by atoms with Crippen molar-refractivity contribution in [3.05, 3.63) is 24.0 Å². The van der Waals surface area contributed by atoms with Crippen molar-refractivity contribution in [2.24, 2.45) is 11.7 Å². The highest BCUT2D eigenvalue weighted by Crippen LogP contribution is 2.30. The predicted molar refractivity (Wildman–Crippen MR) is 112 cm³/mol. The minimum absolute atomic E-state index is 0.0618. The van der Waals surface area contributed by atoms with Gasteiger partial charge in [0, 0.05) is 25.7 Å². The van der Waals surface area contributed by atoms with Gasteiger partial charge in [0.25, 0.3) is 0 Å². The summed E-state index contributed by atoms with van der Waals surface area (Å²) in [6.45, 7) is 10.4. The second-order valence-corrected chi connectivity index (χ2v) is 9.40. The van der Waals surface area contributed by atoms with Crippen LogP contribution in [0.4, 0.5) is 10.5 Å². The molecule has 6 nitrogen and oxygen atoms in total. The maximum absolute atomic E-state index is 13.0. The summed E-state index contributed by atoms with van der Waals surface area (Å²) in [5.74, 6) is 0.620. The van der Waals surface area contributed by atoms with Crippen LogP contribution in [-0.2, 0) is 4.74 Å². The topological polar surface area (TPSA) is 71.7 Å². The summed E-state index contributed by atoms with van der Waals surface area (Å²) in [6, 6.07) is 4.21. The Kier molecular flexibility index (Phi) is 6.48. The molecule has 1 aromatic heterocycles. The van der Waals surface area contributed by atoms with Gasteiger partial charge in [-0.25, -0.2) is 4.79 Å².